The van der Waals surface area contributed by atoms with Crippen molar-refractivity contribution in [1.29, 1.82) is 0 Å². The normalized spacial score (nSPS) is 10.6. The lowest BCUT2D eigenvalue weighted by atomic mass is 10.1. The van der Waals surface area contributed by atoms with Crippen LogP contribution in [0, 0.1) is 0 Å². The van der Waals surface area contributed by atoms with Crippen LogP contribution in [0.15, 0.2) is 36.4 Å². The third-order valence-electron chi connectivity index (χ3n) is 3.64. The second-order valence-corrected chi connectivity index (χ2v) is 5.00. The average molecular weight is 344 g/mol. The fraction of sp³-hybridized carbons (Fsp3) is 0.211. The van der Waals surface area contributed by atoms with Crippen LogP contribution in [0.2, 0.25) is 0 Å². The summed E-state index contributed by atoms with van der Waals surface area (Å²) in [5, 5.41) is 10.2. The first kappa shape index (κ1) is 18.2. The summed E-state index contributed by atoms with van der Waals surface area (Å²) in [5.41, 5.74) is 0.818. The molecule has 6 nitrogen and oxygen atoms in total. The SMILES string of the molecule is COc1ccc(/C=C/C(=O)c2ccc(OC)c(OC)c2O)c(OC)c1. The molecule has 0 heterocycles. The van der Waals surface area contributed by atoms with Gasteiger partial charge in [0.1, 0.15) is 11.5 Å². The molecule has 0 bridgehead atoms. The number of carbonyl (C=O) groups excluding carboxylic acids is 1. The number of aromatic hydroxyl groups is 1. The predicted molar refractivity (Wildman–Crippen MR) is 94.1 cm³/mol. The van der Waals surface area contributed by atoms with Gasteiger partial charge < -0.3 is 24.1 Å². The van der Waals surface area contributed by atoms with E-state index in [4.69, 9.17) is 18.9 Å². The molecule has 2 rings (SSSR count). The Morgan fingerprint density at radius 2 is 1.64 bits per heavy atom. The molecule has 0 atom stereocenters. The highest BCUT2D eigenvalue weighted by molar-refractivity contribution is 6.09. The minimum absolute atomic E-state index is 0.112. The number of carbonyl (C=O) groups is 1. The summed E-state index contributed by atoms with van der Waals surface area (Å²) in [4.78, 5) is 12.4. The van der Waals surface area contributed by atoms with Gasteiger partial charge in [0.2, 0.25) is 5.75 Å². The van der Waals surface area contributed by atoms with E-state index in [1.807, 2.05) is 0 Å². The summed E-state index contributed by atoms with van der Waals surface area (Å²) in [6, 6.07) is 8.30. The summed E-state index contributed by atoms with van der Waals surface area (Å²) in [6.07, 6.45) is 2.96. The fourth-order valence-corrected chi connectivity index (χ4v) is 2.32. The second-order valence-electron chi connectivity index (χ2n) is 5.00. The van der Waals surface area contributed by atoms with Crippen LogP contribution in [-0.2, 0) is 0 Å². The zero-order valence-corrected chi connectivity index (χ0v) is 14.5. The third-order valence-corrected chi connectivity index (χ3v) is 3.64. The molecule has 132 valence electrons. The molecule has 0 spiro atoms. The molecular weight excluding hydrogens is 324 g/mol. The molecule has 0 amide bonds. The van der Waals surface area contributed by atoms with E-state index >= 15 is 0 Å². The minimum Gasteiger partial charge on any atom is -0.504 e. The molecule has 6 heteroatoms. The van der Waals surface area contributed by atoms with Gasteiger partial charge in [-0.25, -0.2) is 0 Å². The van der Waals surface area contributed by atoms with E-state index in [-0.39, 0.29) is 22.8 Å². The van der Waals surface area contributed by atoms with E-state index in [9.17, 15) is 9.90 Å². The highest BCUT2D eigenvalue weighted by Crippen LogP contribution is 2.39. The highest BCUT2D eigenvalue weighted by atomic mass is 16.5. The molecule has 2 aromatic rings. The largest absolute Gasteiger partial charge is 0.504 e. The number of phenolic OH excluding ortho intramolecular Hbond substituents is 1. The molecule has 0 aliphatic rings. The van der Waals surface area contributed by atoms with Crippen molar-refractivity contribution in [1.82, 2.24) is 0 Å². The van der Waals surface area contributed by atoms with Gasteiger partial charge in [-0.05, 0) is 36.4 Å². The smallest absolute Gasteiger partial charge is 0.203 e. The molecular formula is C19H20O6. The molecule has 0 saturated carbocycles. The first-order valence-corrected chi connectivity index (χ1v) is 7.44. The first-order chi connectivity index (χ1) is 12.0. The first-order valence-electron chi connectivity index (χ1n) is 7.44. The molecule has 0 aliphatic carbocycles. The van der Waals surface area contributed by atoms with Crippen molar-refractivity contribution in [2.75, 3.05) is 28.4 Å². The van der Waals surface area contributed by atoms with Crippen molar-refractivity contribution in [3.8, 4) is 28.7 Å². The maximum atomic E-state index is 12.4. The molecule has 2 aromatic carbocycles. The quantitative estimate of drug-likeness (QED) is 0.613. The van der Waals surface area contributed by atoms with Gasteiger partial charge in [-0.2, -0.15) is 0 Å². The van der Waals surface area contributed by atoms with Crippen LogP contribution in [-0.4, -0.2) is 39.3 Å². The standard InChI is InChI=1S/C19H20O6/c1-22-13-7-5-12(17(11-13)24-3)6-9-15(20)14-8-10-16(23-2)19(25-4)18(14)21/h5-11,21H,1-4H3/b9-6+. The average Bonchev–Trinajstić information content (AvgIpc) is 2.65. The van der Waals surface area contributed by atoms with Gasteiger partial charge in [0.25, 0.3) is 0 Å². The Labute approximate surface area is 146 Å². The number of benzene rings is 2. The Morgan fingerprint density at radius 1 is 0.920 bits per heavy atom. The van der Waals surface area contributed by atoms with E-state index in [2.05, 4.69) is 0 Å². The van der Waals surface area contributed by atoms with E-state index in [0.717, 1.165) is 0 Å². The van der Waals surface area contributed by atoms with E-state index in [0.29, 0.717) is 22.8 Å². The van der Waals surface area contributed by atoms with Crippen LogP contribution in [0.3, 0.4) is 0 Å². The lowest BCUT2D eigenvalue weighted by Gasteiger charge is -2.11. The number of hydrogen-bond acceptors (Lipinski definition) is 6. The lowest BCUT2D eigenvalue weighted by molar-refractivity contribution is 0.104. The summed E-state index contributed by atoms with van der Waals surface area (Å²) in [7, 11) is 5.94. The van der Waals surface area contributed by atoms with Crippen molar-refractivity contribution in [2.45, 2.75) is 0 Å². The summed E-state index contributed by atoms with van der Waals surface area (Å²) in [6.45, 7) is 0. The summed E-state index contributed by atoms with van der Waals surface area (Å²) in [5.74, 6) is 1.04. The van der Waals surface area contributed by atoms with Gasteiger partial charge in [0.15, 0.2) is 17.3 Å². The number of hydrogen-bond donors (Lipinski definition) is 1. The number of allylic oxidation sites excluding steroid dienone is 1. The molecule has 1 N–H and O–H groups in total. The Bertz CT molecular complexity index is 795. The molecule has 0 unspecified atom stereocenters. The third kappa shape index (κ3) is 3.85. The highest BCUT2D eigenvalue weighted by Gasteiger charge is 2.17. The summed E-state index contributed by atoms with van der Waals surface area (Å²) >= 11 is 0. The van der Waals surface area contributed by atoms with Crippen LogP contribution in [0.5, 0.6) is 28.7 Å². The molecule has 0 saturated heterocycles. The van der Waals surface area contributed by atoms with Gasteiger partial charge in [-0.15, -0.1) is 0 Å². The van der Waals surface area contributed by atoms with Gasteiger partial charge in [-0.1, -0.05) is 0 Å². The Hall–Kier alpha value is -3.15. The molecule has 0 fully saturated rings. The second kappa shape index (κ2) is 8.10. The zero-order chi connectivity index (χ0) is 18.4. The maximum Gasteiger partial charge on any atom is 0.203 e. The molecule has 0 aromatic heterocycles. The van der Waals surface area contributed by atoms with Gasteiger partial charge in [-0.3, -0.25) is 4.79 Å². The van der Waals surface area contributed by atoms with Crippen LogP contribution >= 0.6 is 0 Å². The number of methoxy groups -OCH3 is 4. The minimum atomic E-state index is -0.378. The van der Waals surface area contributed by atoms with Crippen LogP contribution < -0.4 is 18.9 Å². The van der Waals surface area contributed by atoms with Crippen molar-refractivity contribution in [3.63, 3.8) is 0 Å². The Kier molecular flexibility index (Phi) is 5.89. The van der Waals surface area contributed by atoms with Crippen molar-refractivity contribution >= 4 is 11.9 Å². The fourth-order valence-electron chi connectivity index (χ4n) is 2.32. The van der Waals surface area contributed by atoms with E-state index in [1.54, 1.807) is 37.5 Å². The van der Waals surface area contributed by atoms with Crippen molar-refractivity contribution in [2.24, 2.45) is 0 Å². The molecule has 0 radical (unpaired) electrons. The monoisotopic (exact) mass is 344 g/mol. The molecule has 0 aliphatic heterocycles. The molecule has 25 heavy (non-hydrogen) atoms. The van der Waals surface area contributed by atoms with E-state index in [1.165, 1.54) is 33.5 Å². The van der Waals surface area contributed by atoms with Crippen molar-refractivity contribution in [3.05, 3.63) is 47.5 Å². The Morgan fingerprint density at radius 3 is 2.24 bits per heavy atom. The van der Waals surface area contributed by atoms with E-state index < -0.39 is 0 Å². The maximum absolute atomic E-state index is 12.4. The topological polar surface area (TPSA) is 74.2 Å². The van der Waals surface area contributed by atoms with Gasteiger partial charge >= 0.3 is 0 Å². The summed E-state index contributed by atoms with van der Waals surface area (Å²) < 4.78 is 20.6. The van der Waals surface area contributed by atoms with Crippen molar-refractivity contribution < 1.29 is 28.8 Å². The van der Waals surface area contributed by atoms with Gasteiger partial charge in [0.05, 0.1) is 34.0 Å². The van der Waals surface area contributed by atoms with Crippen LogP contribution in [0.4, 0.5) is 0 Å². The van der Waals surface area contributed by atoms with Crippen LogP contribution in [0.25, 0.3) is 6.08 Å². The van der Waals surface area contributed by atoms with Gasteiger partial charge in [0, 0.05) is 11.6 Å². The van der Waals surface area contributed by atoms with Crippen LogP contribution in [0.1, 0.15) is 15.9 Å². The lowest BCUT2D eigenvalue weighted by Crippen LogP contribution is -1.99. The Balaban J connectivity index is 2.32. The number of ether oxygens (including phenoxy) is 4. The number of phenols is 1. The number of ketones is 1. The predicted octanol–water partition coefficient (Wildman–Crippen LogP) is 3.32. The zero-order valence-electron chi connectivity index (χ0n) is 14.5. The number of rotatable bonds is 7.